The van der Waals surface area contributed by atoms with E-state index in [4.69, 9.17) is 11.6 Å². The van der Waals surface area contributed by atoms with Crippen LogP contribution in [0.5, 0.6) is 0 Å². The fraction of sp³-hybridized carbons (Fsp3) is 0.400. The standard InChI is InChI=1S/C15H17ClN4O3S/c1-24(22,23)13-7-11(16)8-17-14(13)10-3-2-6-20(9-10)15(21)12-4-5-18-19-12/h4-5,7-8,10H,2-3,6,9H2,1H3,(H,18,19)/t10-/m0/s1. The van der Waals surface area contributed by atoms with Crippen LogP contribution in [0.15, 0.2) is 29.4 Å². The summed E-state index contributed by atoms with van der Waals surface area (Å²) in [6, 6.07) is 3.04. The lowest BCUT2D eigenvalue weighted by molar-refractivity contribution is 0.0699. The molecule has 0 spiro atoms. The lowest BCUT2D eigenvalue weighted by Crippen LogP contribution is -2.39. The Kier molecular flexibility index (Phi) is 4.60. The van der Waals surface area contributed by atoms with Crippen molar-refractivity contribution in [2.24, 2.45) is 0 Å². The molecule has 0 aliphatic carbocycles. The fourth-order valence-corrected chi connectivity index (χ4v) is 4.13. The summed E-state index contributed by atoms with van der Waals surface area (Å²) in [7, 11) is -3.45. The largest absolute Gasteiger partial charge is 0.337 e. The van der Waals surface area contributed by atoms with Gasteiger partial charge in [0.1, 0.15) is 5.69 Å². The van der Waals surface area contributed by atoms with E-state index in [1.54, 1.807) is 11.0 Å². The van der Waals surface area contributed by atoms with Gasteiger partial charge in [0, 0.05) is 37.7 Å². The normalized spacial score (nSPS) is 18.6. The molecule has 2 aromatic heterocycles. The molecule has 1 fully saturated rings. The zero-order valence-electron chi connectivity index (χ0n) is 13.1. The van der Waals surface area contributed by atoms with Crippen LogP contribution in [0.4, 0.5) is 0 Å². The number of likely N-dealkylation sites (tertiary alicyclic amines) is 1. The third kappa shape index (κ3) is 3.44. The van der Waals surface area contributed by atoms with Crippen molar-refractivity contribution < 1.29 is 13.2 Å². The molecule has 128 valence electrons. The number of nitrogens with one attached hydrogen (secondary N) is 1. The number of hydrogen-bond acceptors (Lipinski definition) is 5. The maximum atomic E-state index is 12.5. The van der Waals surface area contributed by atoms with Gasteiger partial charge in [-0.05, 0) is 25.0 Å². The van der Waals surface area contributed by atoms with Crippen molar-refractivity contribution in [3.63, 3.8) is 0 Å². The molecular formula is C15H17ClN4O3S. The van der Waals surface area contributed by atoms with Gasteiger partial charge in [0.2, 0.25) is 0 Å². The highest BCUT2D eigenvalue weighted by Gasteiger charge is 2.30. The summed E-state index contributed by atoms with van der Waals surface area (Å²) in [5.74, 6) is -0.292. The number of sulfone groups is 1. The molecular weight excluding hydrogens is 352 g/mol. The molecule has 1 N–H and O–H groups in total. The van der Waals surface area contributed by atoms with Crippen LogP contribution in [0.25, 0.3) is 0 Å². The molecule has 1 atom stereocenters. The molecule has 0 unspecified atom stereocenters. The summed E-state index contributed by atoms with van der Waals surface area (Å²) in [5.41, 5.74) is 0.895. The van der Waals surface area contributed by atoms with E-state index >= 15 is 0 Å². The number of H-pyrrole nitrogens is 1. The molecule has 1 saturated heterocycles. The Morgan fingerprint density at radius 2 is 2.25 bits per heavy atom. The molecule has 9 heteroatoms. The summed E-state index contributed by atoms with van der Waals surface area (Å²) in [6.07, 6.45) is 5.65. The summed E-state index contributed by atoms with van der Waals surface area (Å²) in [4.78, 5) is 18.6. The summed E-state index contributed by atoms with van der Waals surface area (Å²) < 4.78 is 24.1. The van der Waals surface area contributed by atoms with Gasteiger partial charge in [-0.1, -0.05) is 11.6 Å². The molecule has 7 nitrogen and oxygen atoms in total. The smallest absolute Gasteiger partial charge is 0.271 e. The molecule has 1 aliphatic heterocycles. The van der Waals surface area contributed by atoms with Gasteiger partial charge in [0.25, 0.3) is 5.91 Å². The Balaban J connectivity index is 1.89. The van der Waals surface area contributed by atoms with Crippen LogP contribution in [-0.4, -0.2) is 53.8 Å². The van der Waals surface area contributed by atoms with E-state index in [-0.39, 0.29) is 21.7 Å². The quantitative estimate of drug-likeness (QED) is 0.892. The van der Waals surface area contributed by atoms with Crippen molar-refractivity contribution in [1.82, 2.24) is 20.1 Å². The number of piperidine rings is 1. The van der Waals surface area contributed by atoms with E-state index in [2.05, 4.69) is 15.2 Å². The van der Waals surface area contributed by atoms with Crippen molar-refractivity contribution in [3.05, 3.63) is 40.9 Å². The van der Waals surface area contributed by atoms with E-state index in [0.717, 1.165) is 19.1 Å². The molecule has 1 amide bonds. The summed E-state index contributed by atoms with van der Waals surface area (Å²) >= 11 is 5.91. The van der Waals surface area contributed by atoms with Crippen molar-refractivity contribution in [1.29, 1.82) is 0 Å². The van der Waals surface area contributed by atoms with Crippen molar-refractivity contribution in [2.75, 3.05) is 19.3 Å². The fourth-order valence-electron chi connectivity index (χ4n) is 2.96. The molecule has 24 heavy (non-hydrogen) atoms. The number of aromatic amines is 1. The second-order valence-electron chi connectivity index (χ2n) is 5.87. The molecule has 0 radical (unpaired) electrons. The van der Waals surface area contributed by atoms with Gasteiger partial charge < -0.3 is 4.90 Å². The Morgan fingerprint density at radius 3 is 2.92 bits per heavy atom. The van der Waals surface area contributed by atoms with Crippen molar-refractivity contribution in [2.45, 2.75) is 23.7 Å². The predicted octanol–water partition coefficient (Wildman–Crippen LogP) is 1.88. The Hall–Kier alpha value is -1.93. The highest BCUT2D eigenvalue weighted by Crippen LogP contribution is 2.31. The first kappa shape index (κ1) is 16.9. The maximum Gasteiger partial charge on any atom is 0.271 e. The van der Waals surface area contributed by atoms with E-state index in [0.29, 0.717) is 24.5 Å². The highest BCUT2D eigenvalue weighted by atomic mass is 35.5. The van der Waals surface area contributed by atoms with Gasteiger partial charge in [-0.3, -0.25) is 14.9 Å². The topological polar surface area (TPSA) is 96.0 Å². The van der Waals surface area contributed by atoms with Gasteiger partial charge in [-0.25, -0.2) is 8.42 Å². The minimum absolute atomic E-state index is 0.135. The molecule has 0 saturated carbocycles. The zero-order valence-corrected chi connectivity index (χ0v) is 14.6. The molecule has 3 rings (SSSR count). The van der Waals surface area contributed by atoms with Crippen LogP contribution >= 0.6 is 11.6 Å². The number of pyridine rings is 1. The number of hydrogen-bond donors (Lipinski definition) is 1. The second-order valence-corrected chi connectivity index (χ2v) is 8.29. The second kappa shape index (κ2) is 6.52. The van der Waals surface area contributed by atoms with Crippen LogP contribution in [0, 0.1) is 0 Å². The molecule has 2 aromatic rings. The third-order valence-corrected chi connectivity index (χ3v) is 5.41. The maximum absolute atomic E-state index is 12.5. The Morgan fingerprint density at radius 1 is 1.46 bits per heavy atom. The molecule has 0 bridgehead atoms. The number of halogens is 1. The Labute approximate surface area is 145 Å². The van der Waals surface area contributed by atoms with Gasteiger partial charge in [-0.15, -0.1) is 0 Å². The van der Waals surface area contributed by atoms with Crippen LogP contribution in [0.3, 0.4) is 0 Å². The summed E-state index contributed by atoms with van der Waals surface area (Å²) in [5, 5.41) is 6.73. The SMILES string of the molecule is CS(=O)(=O)c1cc(Cl)cnc1[C@H]1CCCN(C(=O)c2ccn[nH]2)C1. The Bertz CT molecular complexity index is 852. The zero-order chi connectivity index (χ0) is 17.3. The van der Waals surface area contributed by atoms with Crippen LogP contribution in [0.1, 0.15) is 34.9 Å². The predicted molar refractivity (Wildman–Crippen MR) is 88.8 cm³/mol. The first-order chi connectivity index (χ1) is 11.4. The average molecular weight is 369 g/mol. The lowest BCUT2D eigenvalue weighted by Gasteiger charge is -2.32. The number of rotatable bonds is 3. The van der Waals surface area contributed by atoms with E-state index < -0.39 is 9.84 Å². The first-order valence-corrected chi connectivity index (χ1v) is 9.77. The molecule has 1 aliphatic rings. The first-order valence-electron chi connectivity index (χ1n) is 7.50. The third-order valence-electron chi connectivity index (χ3n) is 4.07. The minimum atomic E-state index is -3.45. The van der Waals surface area contributed by atoms with Gasteiger partial charge in [0.05, 0.1) is 15.6 Å². The lowest BCUT2D eigenvalue weighted by atomic mass is 9.94. The average Bonchev–Trinajstić information content (AvgIpc) is 3.08. The number of carbonyl (C=O) groups is 1. The molecule has 3 heterocycles. The van der Waals surface area contributed by atoms with Crippen molar-refractivity contribution in [3.8, 4) is 0 Å². The van der Waals surface area contributed by atoms with E-state index in [1.807, 2.05) is 0 Å². The number of amides is 1. The van der Waals surface area contributed by atoms with Crippen LogP contribution in [0.2, 0.25) is 5.02 Å². The van der Waals surface area contributed by atoms with E-state index in [9.17, 15) is 13.2 Å². The summed E-state index contributed by atoms with van der Waals surface area (Å²) in [6.45, 7) is 1.03. The van der Waals surface area contributed by atoms with Crippen LogP contribution < -0.4 is 0 Å². The van der Waals surface area contributed by atoms with Crippen LogP contribution in [-0.2, 0) is 9.84 Å². The van der Waals surface area contributed by atoms with Gasteiger partial charge in [-0.2, -0.15) is 5.10 Å². The van der Waals surface area contributed by atoms with Gasteiger partial charge in [0.15, 0.2) is 9.84 Å². The van der Waals surface area contributed by atoms with Crippen molar-refractivity contribution >= 4 is 27.3 Å². The van der Waals surface area contributed by atoms with Gasteiger partial charge >= 0.3 is 0 Å². The monoisotopic (exact) mass is 368 g/mol. The minimum Gasteiger partial charge on any atom is -0.337 e. The molecule has 0 aromatic carbocycles. The van der Waals surface area contributed by atoms with E-state index in [1.165, 1.54) is 18.5 Å². The number of carbonyl (C=O) groups excluding carboxylic acids is 1. The highest BCUT2D eigenvalue weighted by molar-refractivity contribution is 7.90. The number of nitrogens with zero attached hydrogens (tertiary/aromatic N) is 3. The number of aromatic nitrogens is 3.